The number of nitrogens with one attached hydrogen (secondary N) is 3. The topological polar surface area (TPSA) is 90.5 Å². The van der Waals surface area contributed by atoms with E-state index in [0.717, 1.165) is 10.0 Å². The zero-order valence-electron chi connectivity index (χ0n) is 16.7. The molecule has 0 radical (unpaired) electrons. The number of fused-ring (bicyclic) bond motifs is 1. The highest BCUT2D eigenvalue weighted by Gasteiger charge is 2.30. The number of hydrogen-bond acceptors (Lipinski definition) is 6. The summed E-state index contributed by atoms with van der Waals surface area (Å²) in [7, 11) is -4.00. The summed E-state index contributed by atoms with van der Waals surface area (Å²) in [6, 6.07) is 11.8. The molecule has 3 N–H and O–H groups in total. The number of allylic oxidation sites excluding steroid dienone is 2. The third kappa shape index (κ3) is 4.83. The fourth-order valence-electron chi connectivity index (χ4n) is 3.17. The highest BCUT2D eigenvalue weighted by Crippen LogP contribution is 2.34. The highest BCUT2D eigenvalue weighted by atomic mass is 79.9. The standard InChI is InChI=1S/C21H18BrClN4O3S2/c1-13(14-4-6-15(22)7-5-14)25-21(28)17-9-8-16(23)11-18(17)26-32(29,30)20-3-2-10-27-19(20)12-24-31-27/h2-13,24,26H,1H3,(H,25,28)/t13-/m1/s1. The average molecular weight is 554 g/mol. The summed E-state index contributed by atoms with van der Waals surface area (Å²) in [4.78, 5) is 13.1. The summed E-state index contributed by atoms with van der Waals surface area (Å²) >= 11 is 10.8. The van der Waals surface area contributed by atoms with Crippen LogP contribution in [0.15, 0.2) is 82.1 Å². The van der Waals surface area contributed by atoms with Gasteiger partial charge in [0.05, 0.1) is 35.1 Å². The Bertz CT molecular complexity index is 1260. The Balaban J connectivity index is 1.59. The molecule has 166 valence electrons. The first-order valence-electron chi connectivity index (χ1n) is 9.44. The van der Waals surface area contributed by atoms with E-state index in [1.807, 2.05) is 31.2 Å². The van der Waals surface area contributed by atoms with Gasteiger partial charge in [0.1, 0.15) is 4.91 Å². The summed E-state index contributed by atoms with van der Waals surface area (Å²) in [5.41, 5.74) is 1.66. The number of hydrogen-bond donors (Lipinski definition) is 3. The predicted molar refractivity (Wildman–Crippen MR) is 132 cm³/mol. The molecule has 0 bridgehead atoms. The second-order valence-corrected chi connectivity index (χ2v) is 10.8. The van der Waals surface area contributed by atoms with Crippen molar-refractivity contribution < 1.29 is 13.2 Å². The molecule has 2 aromatic carbocycles. The zero-order chi connectivity index (χ0) is 22.9. The largest absolute Gasteiger partial charge is 0.345 e. The molecular weight excluding hydrogens is 536 g/mol. The van der Waals surface area contributed by atoms with Crippen LogP contribution in [-0.2, 0) is 10.0 Å². The van der Waals surface area contributed by atoms with E-state index in [4.69, 9.17) is 11.6 Å². The number of halogens is 2. The van der Waals surface area contributed by atoms with Gasteiger partial charge in [-0.3, -0.25) is 13.8 Å². The van der Waals surface area contributed by atoms with Gasteiger partial charge >= 0.3 is 0 Å². The molecule has 1 atom stereocenters. The fourth-order valence-corrected chi connectivity index (χ4v) is 5.58. The third-order valence-electron chi connectivity index (χ3n) is 4.78. The van der Waals surface area contributed by atoms with Crippen LogP contribution < -0.4 is 14.8 Å². The molecule has 0 aliphatic carbocycles. The maximum atomic E-state index is 13.2. The van der Waals surface area contributed by atoms with Crippen molar-refractivity contribution in [3.05, 3.63) is 98.2 Å². The van der Waals surface area contributed by atoms with Crippen molar-refractivity contribution >= 4 is 61.3 Å². The molecule has 11 heteroatoms. The highest BCUT2D eigenvalue weighted by molar-refractivity contribution is 9.10. The maximum Gasteiger partial charge on any atom is 0.264 e. The lowest BCUT2D eigenvalue weighted by atomic mass is 10.1. The van der Waals surface area contributed by atoms with Crippen molar-refractivity contribution in [2.24, 2.45) is 0 Å². The van der Waals surface area contributed by atoms with E-state index in [9.17, 15) is 13.2 Å². The monoisotopic (exact) mass is 552 g/mol. The van der Waals surface area contributed by atoms with E-state index in [1.165, 1.54) is 30.3 Å². The van der Waals surface area contributed by atoms with Crippen LogP contribution in [0.3, 0.4) is 0 Å². The first-order chi connectivity index (χ1) is 15.2. The van der Waals surface area contributed by atoms with Crippen molar-refractivity contribution in [3.63, 3.8) is 0 Å². The van der Waals surface area contributed by atoms with Gasteiger partial charge < -0.3 is 10.0 Å². The quantitative estimate of drug-likeness (QED) is 0.434. The number of nitrogens with zero attached hydrogens (tertiary/aromatic N) is 1. The van der Waals surface area contributed by atoms with Crippen LogP contribution in [0.25, 0.3) is 0 Å². The van der Waals surface area contributed by atoms with Crippen LogP contribution in [0.5, 0.6) is 0 Å². The number of rotatable bonds is 6. The van der Waals surface area contributed by atoms with Gasteiger partial charge in [0.25, 0.3) is 15.9 Å². The molecular formula is C21H18BrClN4O3S2. The summed E-state index contributed by atoms with van der Waals surface area (Å²) in [5.74, 6) is -0.425. The smallest absolute Gasteiger partial charge is 0.264 e. The Hall–Kier alpha value is -2.40. The van der Waals surface area contributed by atoms with Gasteiger partial charge in [0, 0.05) is 21.9 Å². The van der Waals surface area contributed by atoms with Gasteiger partial charge in [-0.05, 0) is 55.0 Å². The molecule has 2 aromatic rings. The van der Waals surface area contributed by atoms with Gasteiger partial charge in [-0.1, -0.05) is 39.7 Å². The molecule has 0 spiro atoms. The molecule has 2 aliphatic rings. The van der Waals surface area contributed by atoms with Gasteiger partial charge in [-0.15, -0.1) is 0 Å². The summed E-state index contributed by atoms with van der Waals surface area (Å²) in [6.45, 7) is 1.85. The van der Waals surface area contributed by atoms with Crippen LogP contribution in [0.2, 0.25) is 5.02 Å². The summed E-state index contributed by atoms with van der Waals surface area (Å²) in [6.07, 6.45) is 6.48. The molecule has 2 heterocycles. The summed E-state index contributed by atoms with van der Waals surface area (Å²) in [5, 5.41) is 3.21. The van der Waals surface area contributed by atoms with Gasteiger partial charge in [0.15, 0.2) is 0 Å². The van der Waals surface area contributed by atoms with Crippen LogP contribution in [0.4, 0.5) is 5.69 Å². The Morgan fingerprint density at radius 1 is 1.22 bits per heavy atom. The number of carbonyl (C=O) groups excluding carboxylic acids is 1. The van der Waals surface area contributed by atoms with Gasteiger partial charge in [0.2, 0.25) is 0 Å². The molecule has 0 saturated heterocycles. The lowest BCUT2D eigenvalue weighted by molar-refractivity contribution is 0.0941. The zero-order valence-corrected chi connectivity index (χ0v) is 20.6. The normalized spacial score (nSPS) is 15.9. The number of benzene rings is 2. The lowest BCUT2D eigenvalue weighted by Gasteiger charge is -2.21. The number of carbonyl (C=O) groups is 1. The van der Waals surface area contributed by atoms with Gasteiger partial charge in [-0.2, -0.15) is 0 Å². The molecule has 2 aliphatic heterocycles. The Morgan fingerprint density at radius 3 is 2.72 bits per heavy atom. The third-order valence-corrected chi connectivity index (χ3v) is 7.70. The SMILES string of the molecule is C[C@@H](NC(=O)c1ccc(Cl)cc1NS(=O)(=O)C1=CC=CN2SNC=C12)c1ccc(Br)cc1. The average Bonchev–Trinajstić information content (AvgIpc) is 3.22. The minimum absolute atomic E-state index is 0.0760. The number of anilines is 1. The Kier molecular flexibility index (Phi) is 6.57. The number of sulfonamides is 1. The molecule has 0 aromatic heterocycles. The predicted octanol–water partition coefficient (Wildman–Crippen LogP) is 5.06. The molecule has 0 saturated carbocycles. The molecule has 4 rings (SSSR count). The van der Waals surface area contributed by atoms with Crippen LogP contribution in [0, 0.1) is 0 Å². The second kappa shape index (κ2) is 9.22. The molecule has 1 amide bonds. The number of amides is 1. The molecule has 32 heavy (non-hydrogen) atoms. The van der Waals surface area contributed by atoms with Crippen LogP contribution in [-0.4, -0.2) is 18.6 Å². The van der Waals surface area contributed by atoms with Crippen molar-refractivity contribution in [2.75, 3.05) is 4.72 Å². The van der Waals surface area contributed by atoms with Crippen molar-refractivity contribution in [1.82, 2.24) is 14.3 Å². The first kappa shape index (κ1) is 22.8. The van der Waals surface area contributed by atoms with Crippen LogP contribution >= 0.6 is 39.7 Å². The minimum Gasteiger partial charge on any atom is -0.345 e. The van der Waals surface area contributed by atoms with E-state index >= 15 is 0 Å². The van der Waals surface area contributed by atoms with Crippen LogP contribution in [0.1, 0.15) is 28.9 Å². The summed E-state index contributed by atoms with van der Waals surface area (Å²) < 4.78 is 34.4. The van der Waals surface area contributed by atoms with Crippen molar-refractivity contribution in [3.8, 4) is 0 Å². The molecule has 7 nitrogen and oxygen atoms in total. The van der Waals surface area contributed by atoms with E-state index in [-0.39, 0.29) is 22.2 Å². The second-order valence-electron chi connectivity index (χ2n) is 6.98. The van der Waals surface area contributed by atoms with Crippen molar-refractivity contribution in [1.29, 1.82) is 0 Å². The van der Waals surface area contributed by atoms with E-state index in [0.29, 0.717) is 10.7 Å². The fraction of sp³-hybridized carbons (Fsp3) is 0.0952. The van der Waals surface area contributed by atoms with Crippen molar-refractivity contribution in [2.45, 2.75) is 13.0 Å². The first-order valence-corrected chi connectivity index (χ1v) is 12.9. The molecule has 0 fully saturated rings. The Labute approximate surface area is 204 Å². The Morgan fingerprint density at radius 2 is 1.97 bits per heavy atom. The van der Waals surface area contributed by atoms with E-state index in [1.54, 1.807) is 28.8 Å². The maximum absolute atomic E-state index is 13.2. The van der Waals surface area contributed by atoms with E-state index in [2.05, 4.69) is 30.7 Å². The molecule has 0 unspecified atom stereocenters. The van der Waals surface area contributed by atoms with Gasteiger partial charge in [-0.25, -0.2) is 8.42 Å². The minimum atomic E-state index is -4.00. The van der Waals surface area contributed by atoms with E-state index < -0.39 is 15.9 Å². The lowest BCUT2D eigenvalue weighted by Crippen LogP contribution is -2.28.